The van der Waals surface area contributed by atoms with Crippen LogP contribution in [-0.2, 0) is 16.1 Å². The molecule has 1 atom stereocenters. The molecule has 4 heterocycles. The number of carbonyl (C=O) groups is 1. The summed E-state index contributed by atoms with van der Waals surface area (Å²) in [6.07, 6.45) is 3.11. The van der Waals surface area contributed by atoms with Gasteiger partial charge in [-0.3, -0.25) is 14.3 Å². The van der Waals surface area contributed by atoms with Crippen LogP contribution in [0.3, 0.4) is 0 Å². The van der Waals surface area contributed by atoms with Crippen LogP contribution in [-0.4, -0.2) is 45.0 Å². The lowest BCUT2D eigenvalue weighted by Crippen LogP contribution is -2.44. The lowest BCUT2D eigenvalue weighted by Gasteiger charge is -2.32. The summed E-state index contributed by atoms with van der Waals surface area (Å²) in [4.78, 5) is 35.7. The first-order valence-corrected chi connectivity index (χ1v) is 10.6. The van der Waals surface area contributed by atoms with Crippen molar-refractivity contribution in [3.05, 3.63) is 76.7 Å². The summed E-state index contributed by atoms with van der Waals surface area (Å²) in [6, 6.07) is 12.9. The highest BCUT2D eigenvalue weighted by atomic mass is 16.5. The van der Waals surface area contributed by atoms with Crippen LogP contribution in [0.5, 0.6) is 0 Å². The van der Waals surface area contributed by atoms with Crippen molar-refractivity contribution >= 4 is 22.8 Å². The molecule has 4 aromatic rings. The molecule has 5 rings (SSSR count). The van der Waals surface area contributed by atoms with Crippen molar-refractivity contribution in [1.82, 2.24) is 19.4 Å². The van der Waals surface area contributed by atoms with Crippen LogP contribution in [0.2, 0.25) is 0 Å². The number of morpholine rings is 1. The number of aryl methyl sites for hydroxylation is 1. The molecule has 9 heteroatoms. The number of fused-ring (bicyclic) bond motifs is 1. The number of oxazole rings is 1. The fourth-order valence-electron chi connectivity index (χ4n) is 3.95. The quantitative estimate of drug-likeness (QED) is 0.513. The summed E-state index contributed by atoms with van der Waals surface area (Å²) in [5.41, 5.74) is 10.3. The molecule has 1 aliphatic heterocycles. The Balaban J connectivity index is 1.30. The zero-order chi connectivity index (χ0) is 22.9. The van der Waals surface area contributed by atoms with Crippen LogP contribution in [0.1, 0.15) is 17.4 Å². The molecule has 0 radical (unpaired) electrons. The van der Waals surface area contributed by atoms with E-state index in [4.69, 9.17) is 14.9 Å². The van der Waals surface area contributed by atoms with Gasteiger partial charge in [-0.2, -0.15) is 0 Å². The average Bonchev–Trinajstić information content (AvgIpc) is 3.14. The predicted molar refractivity (Wildman–Crippen MR) is 122 cm³/mol. The number of hydrogen-bond donors (Lipinski definition) is 1. The number of ether oxygens (including phenoxy) is 1. The van der Waals surface area contributed by atoms with Gasteiger partial charge in [0.1, 0.15) is 18.5 Å². The maximum atomic E-state index is 13.0. The summed E-state index contributed by atoms with van der Waals surface area (Å²) >= 11 is 0. The molecule has 1 fully saturated rings. The molecule has 1 unspecified atom stereocenters. The van der Waals surface area contributed by atoms with E-state index in [0.717, 1.165) is 22.4 Å². The molecule has 168 valence electrons. The minimum Gasteiger partial charge on any atom is -0.408 e. The van der Waals surface area contributed by atoms with Gasteiger partial charge in [0.05, 0.1) is 24.4 Å². The Kier molecular flexibility index (Phi) is 5.39. The molecule has 9 nitrogen and oxygen atoms in total. The van der Waals surface area contributed by atoms with Gasteiger partial charge in [0.2, 0.25) is 5.91 Å². The van der Waals surface area contributed by atoms with E-state index in [9.17, 15) is 9.59 Å². The average molecular weight is 445 g/mol. The first-order valence-electron chi connectivity index (χ1n) is 10.6. The number of aromatic nitrogens is 3. The highest BCUT2D eigenvalue weighted by Gasteiger charge is 2.27. The van der Waals surface area contributed by atoms with E-state index < -0.39 is 5.76 Å². The van der Waals surface area contributed by atoms with Crippen molar-refractivity contribution in [2.75, 3.05) is 25.4 Å². The van der Waals surface area contributed by atoms with E-state index in [-0.39, 0.29) is 18.6 Å². The predicted octanol–water partition coefficient (Wildman–Crippen LogP) is 2.54. The Morgan fingerprint density at radius 3 is 2.64 bits per heavy atom. The minimum atomic E-state index is -0.539. The van der Waals surface area contributed by atoms with E-state index >= 15 is 0 Å². The molecular formula is C24H23N5O4. The van der Waals surface area contributed by atoms with Gasteiger partial charge >= 0.3 is 5.76 Å². The van der Waals surface area contributed by atoms with Crippen LogP contribution < -0.4 is 11.5 Å². The van der Waals surface area contributed by atoms with Crippen LogP contribution in [0, 0.1) is 6.92 Å². The van der Waals surface area contributed by atoms with Crippen molar-refractivity contribution < 1.29 is 13.9 Å². The molecule has 33 heavy (non-hydrogen) atoms. The Labute approximate surface area is 189 Å². The summed E-state index contributed by atoms with van der Waals surface area (Å²) in [6.45, 7) is 3.05. The van der Waals surface area contributed by atoms with E-state index in [1.54, 1.807) is 29.4 Å². The number of nitrogen functional groups attached to an aromatic ring is 1. The number of nitrogens with two attached hydrogens (primary N) is 1. The SMILES string of the molecule is Cc1ccc2oc(=O)n(CC(=O)N3CCOC(c4ccc(-c5ccc(N)nc5)cn4)C3)c2c1. The van der Waals surface area contributed by atoms with Gasteiger partial charge in [-0.15, -0.1) is 0 Å². The molecule has 1 aromatic carbocycles. The molecule has 1 amide bonds. The Morgan fingerprint density at radius 2 is 1.91 bits per heavy atom. The zero-order valence-corrected chi connectivity index (χ0v) is 18.1. The Morgan fingerprint density at radius 1 is 1.12 bits per heavy atom. The number of nitrogens with zero attached hydrogens (tertiary/aromatic N) is 4. The van der Waals surface area contributed by atoms with Gasteiger partial charge in [0, 0.05) is 30.1 Å². The number of pyridine rings is 2. The summed E-state index contributed by atoms with van der Waals surface area (Å²) in [5.74, 6) is -0.244. The standard InChI is InChI=1S/C24H23N5O4/c1-15-2-6-20-19(10-15)29(24(31)33-20)14-23(30)28-8-9-32-21(13-28)18-5-3-16(11-26-18)17-4-7-22(25)27-12-17/h2-7,10-12,21H,8-9,13-14H2,1H3,(H2,25,27). The number of rotatable bonds is 4. The third-order valence-electron chi connectivity index (χ3n) is 5.77. The van der Waals surface area contributed by atoms with Gasteiger partial charge < -0.3 is 19.8 Å². The molecular weight excluding hydrogens is 422 g/mol. The molecule has 1 aliphatic rings. The number of benzene rings is 1. The molecule has 0 aliphatic carbocycles. The summed E-state index contributed by atoms with van der Waals surface area (Å²) in [7, 11) is 0. The topological polar surface area (TPSA) is 116 Å². The lowest BCUT2D eigenvalue weighted by atomic mass is 10.1. The normalized spacial score (nSPS) is 16.3. The van der Waals surface area contributed by atoms with Crippen LogP contribution in [0.25, 0.3) is 22.2 Å². The second-order valence-corrected chi connectivity index (χ2v) is 8.07. The summed E-state index contributed by atoms with van der Waals surface area (Å²) in [5, 5.41) is 0. The van der Waals surface area contributed by atoms with E-state index in [1.807, 2.05) is 37.3 Å². The largest absolute Gasteiger partial charge is 0.420 e. The van der Waals surface area contributed by atoms with Crippen LogP contribution >= 0.6 is 0 Å². The van der Waals surface area contributed by atoms with E-state index in [0.29, 0.717) is 36.6 Å². The Hall–Kier alpha value is -3.98. The minimum absolute atomic E-state index is 0.0848. The molecule has 0 saturated carbocycles. The fraction of sp³-hybridized carbons (Fsp3) is 0.250. The lowest BCUT2D eigenvalue weighted by molar-refractivity contribution is -0.139. The number of anilines is 1. The number of carbonyl (C=O) groups excluding carboxylic acids is 1. The molecule has 3 aromatic heterocycles. The van der Waals surface area contributed by atoms with Crippen LogP contribution in [0.4, 0.5) is 5.82 Å². The highest BCUT2D eigenvalue weighted by Crippen LogP contribution is 2.24. The molecule has 2 N–H and O–H groups in total. The van der Waals surface area contributed by atoms with E-state index in [1.165, 1.54) is 4.57 Å². The van der Waals surface area contributed by atoms with Crippen molar-refractivity contribution in [3.63, 3.8) is 0 Å². The monoisotopic (exact) mass is 445 g/mol. The molecule has 1 saturated heterocycles. The highest BCUT2D eigenvalue weighted by molar-refractivity contribution is 5.80. The van der Waals surface area contributed by atoms with Crippen molar-refractivity contribution in [2.45, 2.75) is 19.6 Å². The smallest absolute Gasteiger partial charge is 0.408 e. The van der Waals surface area contributed by atoms with Gasteiger partial charge in [-0.05, 0) is 42.8 Å². The van der Waals surface area contributed by atoms with Crippen molar-refractivity contribution in [1.29, 1.82) is 0 Å². The maximum absolute atomic E-state index is 13.0. The van der Waals surface area contributed by atoms with Gasteiger partial charge in [-0.25, -0.2) is 9.78 Å². The van der Waals surface area contributed by atoms with Crippen molar-refractivity contribution in [2.24, 2.45) is 0 Å². The summed E-state index contributed by atoms with van der Waals surface area (Å²) < 4.78 is 12.5. The second kappa shape index (κ2) is 8.51. The zero-order valence-electron chi connectivity index (χ0n) is 18.1. The fourth-order valence-corrected chi connectivity index (χ4v) is 3.95. The maximum Gasteiger partial charge on any atom is 0.420 e. The van der Waals surface area contributed by atoms with Gasteiger partial charge in [-0.1, -0.05) is 12.1 Å². The Bertz CT molecular complexity index is 1360. The van der Waals surface area contributed by atoms with Crippen molar-refractivity contribution in [3.8, 4) is 11.1 Å². The number of hydrogen-bond acceptors (Lipinski definition) is 7. The molecule has 0 spiro atoms. The molecule has 0 bridgehead atoms. The first-order chi connectivity index (χ1) is 16.0. The third-order valence-corrected chi connectivity index (χ3v) is 5.77. The number of amides is 1. The van der Waals surface area contributed by atoms with Gasteiger partial charge in [0.15, 0.2) is 5.58 Å². The van der Waals surface area contributed by atoms with Gasteiger partial charge in [0.25, 0.3) is 0 Å². The first kappa shape index (κ1) is 20.9. The second-order valence-electron chi connectivity index (χ2n) is 8.07. The van der Waals surface area contributed by atoms with Crippen LogP contribution in [0.15, 0.2) is 64.1 Å². The third kappa shape index (κ3) is 4.22. The van der Waals surface area contributed by atoms with E-state index in [2.05, 4.69) is 9.97 Å².